The highest BCUT2D eigenvalue weighted by atomic mass is 16.7. The lowest BCUT2D eigenvalue weighted by Crippen LogP contribution is -2.26. The summed E-state index contributed by atoms with van der Waals surface area (Å²) in [5.41, 5.74) is 2.41. The second kappa shape index (κ2) is 7.95. The molecule has 0 fully saturated rings. The zero-order valence-electron chi connectivity index (χ0n) is 18.8. The standard InChI is InChI=1S/C23H26N6O4/c1-23(2,3)18-11-19(26-22(31)24-13-8-9-16-17(10-13)33-12-32-16)29(28-18)21-25-15-7-5-4-6-14(15)20(30)27-21/h8-11H,4-7,12H2,1-3H3,(H2,24,26,31)(H,25,27,30). The van der Waals surface area contributed by atoms with E-state index in [2.05, 4.69) is 25.7 Å². The van der Waals surface area contributed by atoms with Crippen LogP contribution in [0.4, 0.5) is 16.3 Å². The maximum absolute atomic E-state index is 12.8. The number of rotatable bonds is 3. The van der Waals surface area contributed by atoms with Crippen LogP contribution in [0.15, 0.2) is 29.1 Å². The molecule has 0 radical (unpaired) electrons. The Kier molecular flexibility index (Phi) is 5.07. The minimum absolute atomic E-state index is 0.154. The number of H-pyrrole nitrogens is 1. The second-order valence-electron chi connectivity index (χ2n) is 9.25. The van der Waals surface area contributed by atoms with Crippen LogP contribution < -0.4 is 25.7 Å². The Morgan fingerprint density at radius 1 is 1.09 bits per heavy atom. The lowest BCUT2D eigenvalue weighted by atomic mass is 9.92. The number of carbonyl (C=O) groups is 1. The molecule has 0 saturated carbocycles. The van der Waals surface area contributed by atoms with Gasteiger partial charge in [-0.15, -0.1) is 0 Å². The number of amides is 2. The Morgan fingerprint density at radius 2 is 1.88 bits per heavy atom. The van der Waals surface area contributed by atoms with Crippen LogP contribution >= 0.6 is 0 Å². The summed E-state index contributed by atoms with van der Waals surface area (Å²) >= 11 is 0. The lowest BCUT2D eigenvalue weighted by molar-refractivity contribution is 0.174. The number of fused-ring (bicyclic) bond motifs is 2. The van der Waals surface area contributed by atoms with Crippen LogP contribution in [0.2, 0.25) is 0 Å². The van der Waals surface area contributed by atoms with Gasteiger partial charge in [0.15, 0.2) is 11.5 Å². The molecule has 2 amide bonds. The number of nitrogens with one attached hydrogen (secondary N) is 3. The summed E-state index contributed by atoms with van der Waals surface area (Å²) in [4.78, 5) is 33.0. The Hall–Kier alpha value is -3.82. The lowest BCUT2D eigenvalue weighted by Gasteiger charge is -2.16. The molecule has 0 spiro atoms. The van der Waals surface area contributed by atoms with Crippen LogP contribution in [-0.4, -0.2) is 32.6 Å². The highest BCUT2D eigenvalue weighted by Gasteiger charge is 2.24. The smallest absolute Gasteiger partial charge is 0.324 e. The molecular formula is C23H26N6O4. The molecule has 1 aliphatic heterocycles. The number of nitrogens with zero attached hydrogens (tertiary/aromatic N) is 3. The SMILES string of the molecule is CC(C)(C)c1cc(NC(=O)Nc2ccc3c(c2)OCO3)n(-c2nc3c(c(=O)[nH]2)CCCC3)n1. The van der Waals surface area contributed by atoms with Gasteiger partial charge >= 0.3 is 6.03 Å². The molecule has 33 heavy (non-hydrogen) atoms. The van der Waals surface area contributed by atoms with Crippen LogP contribution in [0.1, 0.15) is 50.6 Å². The highest BCUT2D eigenvalue weighted by Crippen LogP contribution is 2.34. The molecule has 172 valence electrons. The van der Waals surface area contributed by atoms with Gasteiger partial charge in [-0.2, -0.15) is 9.78 Å². The first-order valence-corrected chi connectivity index (χ1v) is 11.0. The van der Waals surface area contributed by atoms with E-state index >= 15 is 0 Å². The second-order valence-corrected chi connectivity index (χ2v) is 9.25. The monoisotopic (exact) mass is 450 g/mol. The summed E-state index contributed by atoms with van der Waals surface area (Å²) in [6, 6.07) is 6.49. The third-order valence-electron chi connectivity index (χ3n) is 5.73. The van der Waals surface area contributed by atoms with Crippen molar-refractivity contribution in [3.8, 4) is 17.4 Å². The Labute approximate surface area is 190 Å². The predicted molar refractivity (Wildman–Crippen MR) is 123 cm³/mol. The number of hydrogen-bond acceptors (Lipinski definition) is 6. The molecule has 2 aromatic heterocycles. The molecule has 5 rings (SSSR count). The number of urea groups is 1. The Balaban J connectivity index is 1.46. The van der Waals surface area contributed by atoms with E-state index in [1.807, 2.05) is 20.8 Å². The Bertz CT molecular complexity index is 1290. The van der Waals surface area contributed by atoms with Gasteiger partial charge in [0.2, 0.25) is 12.7 Å². The summed E-state index contributed by atoms with van der Waals surface area (Å²) in [7, 11) is 0. The van der Waals surface area contributed by atoms with Gasteiger partial charge in [0.25, 0.3) is 5.56 Å². The van der Waals surface area contributed by atoms with Crippen LogP contribution in [0, 0.1) is 0 Å². The van der Waals surface area contributed by atoms with E-state index in [4.69, 9.17) is 9.47 Å². The van der Waals surface area contributed by atoms with Crippen molar-refractivity contribution in [1.82, 2.24) is 19.7 Å². The van der Waals surface area contributed by atoms with Crippen LogP contribution in [0.3, 0.4) is 0 Å². The van der Waals surface area contributed by atoms with Crippen molar-refractivity contribution in [1.29, 1.82) is 0 Å². The first kappa shape index (κ1) is 21.0. The van der Waals surface area contributed by atoms with Gasteiger partial charge in [-0.3, -0.25) is 15.1 Å². The molecule has 3 heterocycles. The molecule has 10 heteroatoms. The molecule has 1 aliphatic carbocycles. The van der Waals surface area contributed by atoms with Crippen molar-refractivity contribution in [2.45, 2.75) is 51.9 Å². The molecule has 3 N–H and O–H groups in total. The van der Waals surface area contributed by atoms with Gasteiger partial charge in [0.05, 0.1) is 11.4 Å². The maximum Gasteiger partial charge on any atom is 0.324 e. The predicted octanol–water partition coefficient (Wildman–Crippen LogP) is 3.50. The summed E-state index contributed by atoms with van der Waals surface area (Å²) in [6.45, 7) is 6.24. The van der Waals surface area contributed by atoms with E-state index in [0.29, 0.717) is 23.0 Å². The molecule has 0 atom stereocenters. The van der Waals surface area contributed by atoms with Crippen molar-refractivity contribution < 1.29 is 14.3 Å². The van der Waals surface area contributed by atoms with Gasteiger partial charge < -0.3 is 14.8 Å². The fourth-order valence-corrected chi connectivity index (χ4v) is 3.94. The minimum Gasteiger partial charge on any atom is -0.454 e. The zero-order chi connectivity index (χ0) is 23.2. The van der Waals surface area contributed by atoms with Crippen molar-refractivity contribution in [2.75, 3.05) is 17.4 Å². The van der Waals surface area contributed by atoms with Crippen molar-refractivity contribution in [3.63, 3.8) is 0 Å². The number of benzene rings is 1. The summed E-state index contributed by atoms with van der Waals surface area (Å²) in [5, 5.41) is 10.3. The molecule has 3 aromatic rings. The molecular weight excluding hydrogens is 424 g/mol. The van der Waals surface area contributed by atoms with E-state index in [1.165, 1.54) is 4.68 Å². The summed E-state index contributed by atoms with van der Waals surface area (Å²) < 4.78 is 12.1. The third-order valence-corrected chi connectivity index (χ3v) is 5.73. The van der Waals surface area contributed by atoms with Gasteiger partial charge in [-0.25, -0.2) is 9.78 Å². The zero-order valence-corrected chi connectivity index (χ0v) is 18.8. The fraction of sp³-hybridized carbons (Fsp3) is 0.391. The molecule has 0 bridgehead atoms. The number of carbonyl (C=O) groups excluding carboxylic acids is 1. The van der Waals surface area contributed by atoms with Crippen molar-refractivity contribution >= 4 is 17.5 Å². The molecule has 1 aromatic carbocycles. The molecule has 0 saturated heterocycles. The topological polar surface area (TPSA) is 123 Å². The van der Waals surface area contributed by atoms with Gasteiger partial charge in [-0.1, -0.05) is 20.8 Å². The maximum atomic E-state index is 12.8. The average Bonchev–Trinajstić information content (AvgIpc) is 3.40. The Morgan fingerprint density at radius 3 is 2.70 bits per heavy atom. The first-order valence-electron chi connectivity index (χ1n) is 11.0. The number of aryl methyl sites for hydroxylation is 1. The normalized spacial score (nSPS) is 14.6. The number of anilines is 2. The van der Waals surface area contributed by atoms with E-state index in [9.17, 15) is 9.59 Å². The first-order chi connectivity index (χ1) is 15.8. The molecule has 0 unspecified atom stereocenters. The minimum atomic E-state index is -0.462. The third kappa shape index (κ3) is 4.15. The highest BCUT2D eigenvalue weighted by molar-refractivity contribution is 5.99. The average molecular weight is 450 g/mol. The summed E-state index contributed by atoms with van der Waals surface area (Å²) in [6.07, 6.45) is 3.47. The summed E-state index contributed by atoms with van der Waals surface area (Å²) in [5.74, 6) is 1.89. The molecule has 10 nitrogen and oxygen atoms in total. The molecule has 2 aliphatic rings. The van der Waals surface area contributed by atoms with Crippen LogP contribution in [-0.2, 0) is 18.3 Å². The van der Waals surface area contributed by atoms with Crippen molar-refractivity contribution in [3.05, 3.63) is 51.6 Å². The van der Waals surface area contributed by atoms with Gasteiger partial charge in [0, 0.05) is 28.8 Å². The number of aromatic amines is 1. The van der Waals surface area contributed by atoms with E-state index in [-0.39, 0.29) is 23.7 Å². The number of hydrogen-bond donors (Lipinski definition) is 3. The van der Waals surface area contributed by atoms with Crippen LogP contribution in [0.25, 0.3) is 5.95 Å². The van der Waals surface area contributed by atoms with E-state index < -0.39 is 6.03 Å². The van der Waals surface area contributed by atoms with Crippen molar-refractivity contribution in [2.24, 2.45) is 0 Å². The number of aromatic nitrogens is 4. The van der Waals surface area contributed by atoms with Crippen LogP contribution in [0.5, 0.6) is 11.5 Å². The van der Waals surface area contributed by atoms with Gasteiger partial charge in [-0.05, 0) is 37.8 Å². The largest absolute Gasteiger partial charge is 0.454 e. The van der Waals surface area contributed by atoms with E-state index in [1.54, 1.807) is 24.3 Å². The van der Waals surface area contributed by atoms with Gasteiger partial charge in [0.1, 0.15) is 5.82 Å². The fourth-order valence-electron chi connectivity index (χ4n) is 3.94. The quantitative estimate of drug-likeness (QED) is 0.561. The van der Waals surface area contributed by atoms with E-state index in [0.717, 1.165) is 42.6 Å². The number of ether oxygens (including phenoxy) is 2.